The summed E-state index contributed by atoms with van der Waals surface area (Å²) < 4.78 is 49.8. The molecular weight excluding hydrogens is 485 g/mol. The standard InChI is InChI=1S/C27H31F3N4O3/c1-26(2,27(28,29)30)23-17-24(33-37-23)32-25(35)16-19-5-7-20(8-6-19)21-9-10-22(31-18-21)4-3-11-34-12-14-36-15-13-34/h5-10,17-18H,3-4,11-16H2,1-2H3,(H,32,33,35). The molecule has 0 atom stereocenters. The predicted molar refractivity (Wildman–Crippen MR) is 133 cm³/mol. The highest BCUT2D eigenvalue weighted by atomic mass is 19.4. The first-order valence-corrected chi connectivity index (χ1v) is 12.3. The lowest BCUT2D eigenvalue weighted by Crippen LogP contribution is -2.36. The smallest absolute Gasteiger partial charge is 0.379 e. The number of aryl methyl sites for hydroxylation is 1. The lowest BCUT2D eigenvalue weighted by atomic mass is 9.89. The molecule has 2 aromatic heterocycles. The molecule has 3 aromatic rings. The molecular formula is C27H31F3N4O3. The lowest BCUT2D eigenvalue weighted by Gasteiger charge is -2.26. The minimum absolute atomic E-state index is 0.0471. The lowest BCUT2D eigenvalue weighted by molar-refractivity contribution is -0.185. The van der Waals surface area contributed by atoms with Crippen molar-refractivity contribution in [3.63, 3.8) is 0 Å². The number of hydrogen-bond acceptors (Lipinski definition) is 6. The van der Waals surface area contributed by atoms with Gasteiger partial charge in [0.1, 0.15) is 5.41 Å². The van der Waals surface area contributed by atoms with Crippen molar-refractivity contribution in [2.24, 2.45) is 0 Å². The van der Waals surface area contributed by atoms with Crippen LogP contribution in [0.1, 0.15) is 37.3 Å². The molecule has 1 saturated heterocycles. The number of morpholine rings is 1. The summed E-state index contributed by atoms with van der Waals surface area (Å²) >= 11 is 0. The van der Waals surface area contributed by atoms with E-state index in [-0.39, 0.29) is 18.0 Å². The molecule has 0 spiro atoms. The van der Waals surface area contributed by atoms with Gasteiger partial charge in [-0.2, -0.15) is 13.2 Å². The second kappa shape index (κ2) is 11.4. The number of nitrogens with one attached hydrogen (secondary N) is 1. The molecule has 0 unspecified atom stereocenters. The number of nitrogens with zero attached hydrogens (tertiary/aromatic N) is 3. The molecule has 10 heteroatoms. The zero-order valence-electron chi connectivity index (χ0n) is 21.0. The van der Waals surface area contributed by atoms with E-state index in [1.165, 1.54) is 0 Å². The SMILES string of the molecule is CC(C)(c1cc(NC(=O)Cc2ccc(-c3ccc(CCCN4CCOCC4)nc3)cc2)no1)C(F)(F)F. The largest absolute Gasteiger partial charge is 0.401 e. The number of anilines is 1. The van der Waals surface area contributed by atoms with E-state index in [1.807, 2.05) is 42.6 Å². The number of alkyl halides is 3. The summed E-state index contributed by atoms with van der Waals surface area (Å²) in [5, 5.41) is 6.05. The molecule has 198 valence electrons. The topological polar surface area (TPSA) is 80.5 Å². The third kappa shape index (κ3) is 6.95. The Morgan fingerprint density at radius 3 is 2.41 bits per heavy atom. The molecule has 1 aliphatic rings. The van der Waals surface area contributed by atoms with E-state index in [0.717, 1.165) is 88.0 Å². The highest BCUT2D eigenvalue weighted by molar-refractivity contribution is 5.91. The third-order valence-electron chi connectivity index (χ3n) is 6.59. The third-order valence-corrected chi connectivity index (χ3v) is 6.59. The van der Waals surface area contributed by atoms with E-state index in [2.05, 4.69) is 20.4 Å². The molecule has 0 aliphatic carbocycles. The number of hydrogen-bond donors (Lipinski definition) is 1. The molecule has 1 aromatic carbocycles. The Balaban J connectivity index is 1.27. The summed E-state index contributed by atoms with van der Waals surface area (Å²) in [6.07, 6.45) is -0.623. The number of halogens is 3. The molecule has 1 N–H and O–H groups in total. The van der Waals surface area contributed by atoms with Crippen LogP contribution in [0, 0.1) is 0 Å². The zero-order valence-corrected chi connectivity index (χ0v) is 21.0. The van der Waals surface area contributed by atoms with E-state index in [4.69, 9.17) is 9.26 Å². The van der Waals surface area contributed by atoms with Crippen LogP contribution in [-0.2, 0) is 27.8 Å². The van der Waals surface area contributed by atoms with Crippen LogP contribution in [-0.4, -0.2) is 60.0 Å². The van der Waals surface area contributed by atoms with E-state index in [1.54, 1.807) is 0 Å². The minimum atomic E-state index is -4.51. The average molecular weight is 517 g/mol. The molecule has 0 bridgehead atoms. The maximum atomic E-state index is 13.2. The Kier molecular flexibility index (Phi) is 8.29. The number of rotatable bonds is 9. The Morgan fingerprint density at radius 1 is 1.05 bits per heavy atom. The van der Waals surface area contributed by atoms with Crippen LogP contribution >= 0.6 is 0 Å². The van der Waals surface area contributed by atoms with Crippen LogP contribution in [0.3, 0.4) is 0 Å². The Bertz CT molecular complexity index is 1170. The fraction of sp³-hybridized carbons (Fsp3) is 0.444. The van der Waals surface area contributed by atoms with Gasteiger partial charge in [-0.1, -0.05) is 35.5 Å². The fourth-order valence-electron chi connectivity index (χ4n) is 4.01. The highest BCUT2D eigenvalue weighted by Crippen LogP contribution is 2.41. The van der Waals surface area contributed by atoms with Crippen molar-refractivity contribution in [3.05, 3.63) is 65.7 Å². The van der Waals surface area contributed by atoms with Gasteiger partial charge in [0, 0.05) is 36.6 Å². The molecule has 7 nitrogen and oxygen atoms in total. The van der Waals surface area contributed by atoms with Crippen molar-refractivity contribution in [2.75, 3.05) is 38.2 Å². The van der Waals surface area contributed by atoms with Crippen molar-refractivity contribution in [3.8, 4) is 11.1 Å². The van der Waals surface area contributed by atoms with Gasteiger partial charge >= 0.3 is 6.18 Å². The van der Waals surface area contributed by atoms with Crippen LogP contribution in [0.2, 0.25) is 0 Å². The number of pyridine rings is 1. The summed E-state index contributed by atoms with van der Waals surface area (Å²) in [5.74, 6) is -0.818. The van der Waals surface area contributed by atoms with Crippen LogP contribution in [0.15, 0.2) is 53.2 Å². The predicted octanol–water partition coefficient (Wildman–Crippen LogP) is 5.02. The summed E-state index contributed by atoms with van der Waals surface area (Å²) in [4.78, 5) is 19.4. The monoisotopic (exact) mass is 516 g/mol. The maximum absolute atomic E-state index is 13.2. The van der Waals surface area contributed by atoms with Crippen molar-refractivity contribution < 1.29 is 27.2 Å². The normalized spacial score (nSPS) is 15.1. The van der Waals surface area contributed by atoms with Crippen LogP contribution in [0.5, 0.6) is 0 Å². The molecule has 0 radical (unpaired) electrons. The molecule has 37 heavy (non-hydrogen) atoms. The van der Waals surface area contributed by atoms with Crippen molar-refractivity contribution in [1.29, 1.82) is 0 Å². The van der Waals surface area contributed by atoms with Gasteiger partial charge in [-0.05, 0) is 50.4 Å². The van der Waals surface area contributed by atoms with Crippen LogP contribution in [0.25, 0.3) is 11.1 Å². The number of ether oxygens (including phenoxy) is 1. The second-order valence-electron chi connectivity index (χ2n) is 9.72. The van der Waals surface area contributed by atoms with Crippen LogP contribution in [0.4, 0.5) is 19.0 Å². The highest BCUT2D eigenvalue weighted by Gasteiger charge is 2.51. The molecule has 0 saturated carbocycles. The average Bonchev–Trinajstić information content (AvgIpc) is 3.34. The van der Waals surface area contributed by atoms with Gasteiger partial charge in [-0.25, -0.2) is 0 Å². The van der Waals surface area contributed by atoms with Gasteiger partial charge < -0.3 is 14.6 Å². The second-order valence-corrected chi connectivity index (χ2v) is 9.72. The van der Waals surface area contributed by atoms with Crippen molar-refractivity contribution >= 4 is 11.7 Å². The Labute approximate surface area is 214 Å². The number of benzene rings is 1. The van der Waals surface area contributed by atoms with E-state index in [9.17, 15) is 18.0 Å². The molecule has 4 rings (SSSR count). The van der Waals surface area contributed by atoms with Gasteiger partial charge in [0.25, 0.3) is 0 Å². The minimum Gasteiger partial charge on any atom is -0.379 e. The summed E-state index contributed by atoms with van der Waals surface area (Å²) in [5.41, 5.74) is 1.56. The van der Waals surface area contributed by atoms with E-state index < -0.39 is 17.5 Å². The van der Waals surface area contributed by atoms with Crippen molar-refractivity contribution in [2.45, 2.75) is 44.7 Å². The van der Waals surface area contributed by atoms with Crippen molar-refractivity contribution in [1.82, 2.24) is 15.0 Å². The Morgan fingerprint density at radius 2 is 1.76 bits per heavy atom. The molecule has 1 aliphatic heterocycles. The molecule has 1 fully saturated rings. The first-order valence-electron chi connectivity index (χ1n) is 12.3. The molecule has 1 amide bonds. The first kappa shape index (κ1) is 26.8. The van der Waals surface area contributed by atoms with Gasteiger partial charge in [0.15, 0.2) is 11.6 Å². The number of carbonyl (C=O) groups is 1. The first-order chi connectivity index (χ1) is 17.6. The van der Waals surface area contributed by atoms with Gasteiger partial charge in [-0.15, -0.1) is 0 Å². The van der Waals surface area contributed by atoms with E-state index >= 15 is 0 Å². The fourth-order valence-corrected chi connectivity index (χ4v) is 4.01. The maximum Gasteiger partial charge on any atom is 0.401 e. The van der Waals surface area contributed by atoms with Gasteiger partial charge in [0.05, 0.1) is 19.6 Å². The summed E-state index contributed by atoms with van der Waals surface area (Å²) in [7, 11) is 0. The number of aromatic nitrogens is 2. The Hall–Kier alpha value is -3.24. The zero-order chi connectivity index (χ0) is 26.5. The van der Waals surface area contributed by atoms with E-state index in [0.29, 0.717) is 0 Å². The summed E-state index contributed by atoms with van der Waals surface area (Å²) in [6.45, 7) is 6.64. The van der Waals surface area contributed by atoms with Gasteiger partial charge in [0.2, 0.25) is 5.91 Å². The molecule has 3 heterocycles. The summed E-state index contributed by atoms with van der Waals surface area (Å²) in [6, 6.07) is 12.7. The number of carbonyl (C=O) groups excluding carboxylic acids is 1. The van der Waals surface area contributed by atoms with Crippen LogP contribution < -0.4 is 5.32 Å². The number of amides is 1. The van der Waals surface area contributed by atoms with Gasteiger partial charge in [-0.3, -0.25) is 14.7 Å². The quantitative estimate of drug-likeness (QED) is 0.430.